The van der Waals surface area contributed by atoms with E-state index in [2.05, 4.69) is 10.6 Å². The maximum absolute atomic E-state index is 12.2. The van der Waals surface area contributed by atoms with E-state index in [0.29, 0.717) is 13.1 Å². The number of rotatable bonds is 4. The lowest BCUT2D eigenvalue weighted by Gasteiger charge is -2.31. The van der Waals surface area contributed by atoms with Crippen LogP contribution < -0.4 is 10.6 Å². The van der Waals surface area contributed by atoms with Gasteiger partial charge in [-0.15, -0.1) is 0 Å². The van der Waals surface area contributed by atoms with Crippen molar-refractivity contribution in [1.82, 2.24) is 15.5 Å². The monoisotopic (exact) mass is 275 g/mol. The quantitative estimate of drug-likeness (QED) is 0.849. The van der Waals surface area contributed by atoms with Gasteiger partial charge in [-0.3, -0.25) is 14.5 Å². The van der Waals surface area contributed by atoms with Crippen molar-refractivity contribution in [3.05, 3.63) is 35.9 Å². The van der Waals surface area contributed by atoms with Crippen molar-refractivity contribution in [2.45, 2.75) is 25.9 Å². The Morgan fingerprint density at radius 2 is 2.00 bits per heavy atom. The lowest BCUT2D eigenvalue weighted by Crippen LogP contribution is -2.55. The molecule has 0 spiro atoms. The van der Waals surface area contributed by atoms with Crippen LogP contribution >= 0.6 is 0 Å². The molecule has 0 unspecified atom stereocenters. The zero-order valence-electron chi connectivity index (χ0n) is 11.9. The van der Waals surface area contributed by atoms with Gasteiger partial charge in [0.1, 0.15) is 0 Å². The number of hydrogen-bond acceptors (Lipinski definition) is 3. The third-order valence-electron chi connectivity index (χ3n) is 3.65. The van der Waals surface area contributed by atoms with Gasteiger partial charge in [0.15, 0.2) is 0 Å². The molecule has 1 aromatic carbocycles. The van der Waals surface area contributed by atoms with Crippen LogP contribution in [0.2, 0.25) is 0 Å². The van der Waals surface area contributed by atoms with Crippen molar-refractivity contribution in [2.75, 3.05) is 19.6 Å². The van der Waals surface area contributed by atoms with E-state index in [9.17, 15) is 9.59 Å². The van der Waals surface area contributed by atoms with Gasteiger partial charge in [-0.1, -0.05) is 30.3 Å². The zero-order valence-corrected chi connectivity index (χ0v) is 11.9. The highest BCUT2D eigenvalue weighted by molar-refractivity contribution is 5.84. The Balaban J connectivity index is 1.92. The largest absolute Gasteiger partial charge is 0.354 e. The van der Waals surface area contributed by atoms with Crippen LogP contribution in [0.25, 0.3) is 0 Å². The number of nitrogens with one attached hydrogen (secondary N) is 2. The third kappa shape index (κ3) is 3.57. The standard InChI is InChI=1S/C15H21N3O2/c1-11(13-6-4-3-5-7-13)17-15(20)12(2)18-9-8-16-14(19)10-18/h3-7,11-12H,8-10H2,1-2H3,(H,16,19)(H,17,20)/t11-,12+/m1/s1. The van der Waals surface area contributed by atoms with Crippen LogP contribution in [0.5, 0.6) is 0 Å². The molecule has 2 N–H and O–H groups in total. The molecule has 1 fully saturated rings. The van der Waals surface area contributed by atoms with Gasteiger partial charge in [-0.05, 0) is 19.4 Å². The number of carbonyl (C=O) groups excluding carboxylic acids is 2. The molecular weight excluding hydrogens is 254 g/mol. The highest BCUT2D eigenvalue weighted by Gasteiger charge is 2.26. The van der Waals surface area contributed by atoms with E-state index in [1.54, 1.807) is 0 Å². The second kappa shape index (κ2) is 6.52. The molecule has 1 aliphatic heterocycles. The summed E-state index contributed by atoms with van der Waals surface area (Å²) in [6.07, 6.45) is 0. The summed E-state index contributed by atoms with van der Waals surface area (Å²) < 4.78 is 0. The van der Waals surface area contributed by atoms with E-state index in [-0.39, 0.29) is 30.4 Å². The predicted octanol–water partition coefficient (Wildman–Crippen LogP) is 0.684. The van der Waals surface area contributed by atoms with Crippen molar-refractivity contribution in [1.29, 1.82) is 0 Å². The second-order valence-electron chi connectivity index (χ2n) is 5.14. The summed E-state index contributed by atoms with van der Waals surface area (Å²) in [6.45, 7) is 5.40. The fraction of sp³-hybridized carbons (Fsp3) is 0.467. The Hall–Kier alpha value is -1.88. The predicted molar refractivity (Wildman–Crippen MR) is 77.0 cm³/mol. The van der Waals surface area contributed by atoms with Crippen LogP contribution in [0.4, 0.5) is 0 Å². The summed E-state index contributed by atoms with van der Waals surface area (Å²) >= 11 is 0. The SMILES string of the molecule is C[C@@H](NC(=O)[C@H](C)N1CCNC(=O)C1)c1ccccc1. The van der Waals surface area contributed by atoms with E-state index in [4.69, 9.17) is 0 Å². The highest BCUT2D eigenvalue weighted by Crippen LogP contribution is 2.12. The Bertz CT molecular complexity index is 475. The van der Waals surface area contributed by atoms with E-state index < -0.39 is 0 Å². The van der Waals surface area contributed by atoms with E-state index in [0.717, 1.165) is 5.56 Å². The molecule has 108 valence electrons. The molecular formula is C15H21N3O2. The molecule has 2 rings (SSSR count). The number of nitrogens with zero attached hydrogens (tertiary/aromatic N) is 1. The molecule has 1 aromatic rings. The van der Waals surface area contributed by atoms with Gasteiger partial charge in [0.05, 0.1) is 18.6 Å². The lowest BCUT2D eigenvalue weighted by atomic mass is 10.1. The number of hydrogen-bond donors (Lipinski definition) is 2. The molecule has 20 heavy (non-hydrogen) atoms. The lowest BCUT2D eigenvalue weighted by molar-refractivity contribution is -0.130. The fourth-order valence-corrected chi connectivity index (χ4v) is 2.31. The molecule has 2 atom stereocenters. The first-order chi connectivity index (χ1) is 9.58. The number of piperazine rings is 1. The van der Waals surface area contributed by atoms with Gasteiger partial charge in [-0.25, -0.2) is 0 Å². The summed E-state index contributed by atoms with van der Waals surface area (Å²) in [5.41, 5.74) is 1.07. The maximum atomic E-state index is 12.2. The van der Waals surface area contributed by atoms with Crippen molar-refractivity contribution >= 4 is 11.8 Å². The molecule has 0 bridgehead atoms. The molecule has 0 saturated carbocycles. The summed E-state index contributed by atoms with van der Waals surface area (Å²) in [4.78, 5) is 25.5. The Morgan fingerprint density at radius 1 is 1.30 bits per heavy atom. The molecule has 5 heteroatoms. The number of amides is 2. The average Bonchev–Trinajstić information content (AvgIpc) is 2.47. The van der Waals surface area contributed by atoms with Gasteiger partial charge in [0.2, 0.25) is 11.8 Å². The molecule has 5 nitrogen and oxygen atoms in total. The summed E-state index contributed by atoms with van der Waals surface area (Å²) in [5, 5.41) is 5.76. The van der Waals surface area contributed by atoms with Gasteiger partial charge < -0.3 is 10.6 Å². The number of benzene rings is 1. The highest BCUT2D eigenvalue weighted by atomic mass is 16.2. The molecule has 2 amide bonds. The molecule has 1 saturated heterocycles. The van der Waals surface area contributed by atoms with Crippen LogP contribution in [0.3, 0.4) is 0 Å². The molecule has 1 heterocycles. The topological polar surface area (TPSA) is 61.4 Å². The van der Waals surface area contributed by atoms with Crippen molar-refractivity contribution in [3.63, 3.8) is 0 Å². The Morgan fingerprint density at radius 3 is 2.65 bits per heavy atom. The van der Waals surface area contributed by atoms with Crippen LogP contribution in [-0.4, -0.2) is 42.4 Å². The van der Waals surface area contributed by atoms with E-state index >= 15 is 0 Å². The van der Waals surface area contributed by atoms with E-state index in [1.807, 2.05) is 49.1 Å². The van der Waals surface area contributed by atoms with Crippen LogP contribution in [0.1, 0.15) is 25.5 Å². The van der Waals surface area contributed by atoms with Gasteiger partial charge >= 0.3 is 0 Å². The second-order valence-corrected chi connectivity index (χ2v) is 5.14. The summed E-state index contributed by atoms with van der Waals surface area (Å²) in [6, 6.07) is 9.50. The minimum atomic E-state index is -0.299. The van der Waals surface area contributed by atoms with Gasteiger partial charge in [0.25, 0.3) is 0 Å². The van der Waals surface area contributed by atoms with Gasteiger partial charge in [-0.2, -0.15) is 0 Å². The fourth-order valence-electron chi connectivity index (χ4n) is 2.31. The van der Waals surface area contributed by atoms with Crippen molar-refractivity contribution in [3.8, 4) is 0 Å². The normalized spacial score (nSPS) is 19.0. The smallest absolute Gasteiger partial charge is 0.237 e. The molecule has 1 aliphatic rings. The minimum Gasteiger partial charge on any atom is -0.354 e. The third-order valence-corrected chi connectivity index (χ3v) is 3.65. The van der Waals surface area contributed by atoms with Crippen LogP contribution in [0.15, 0.2) is 30.3 Å². The zero-order chi connectivity index (χ0) is 14.5. The average molecular weight is 275 g/mol. The first-order valence-electron chi connectivity index (χ1n) is 6.94. The first kappa shape index (κ1) is 14.5. The molecule has 0 aliphatic carbocycles. The van der Waals surface area contributed by atoms with Gasteiger partial charge in [0, 0.05) is 13.1 Å². The van der Waals surface area contributed by atoms with E-state index in [1.165, 1.54) is 0 Å². The minimum absolute atomic E-state index is 0.0213. The first-order valence-corrected chi connectivity index (χ1v) is 6.94. The van der Waals surface area contributed by atoms with Crippen LogP contribution in [0, 0.1) is 0 Å². The Labute approximate surface area is 119 Å². The summed E-state index contributed by atoms with van der Waals surface area (Å²) in [7, 11) is 0. The Kier molecular flexibility index (Phi) is 4.74. The molecule has 0 radical (unpaired) electrons. The van der Waals surface area contributed by atoms with Crippen molar-refractivity contribution < 1.29 is 9.59 Å². The summed E-state index contributed by atoms with van der Waals surface area (Å²) in [5.74, 6) is -0.0666. The molecule has 0 aromatic heterocycles. The maximum Gasteiger partial charge on any atom is 0.237 e. The number of carbonyl (C=O) groups is 2. The van der Waals surface area contributed by atoms with Crippen LogP contribution in [-0.2, 0) is 9.59 Å². The van der Waals surface area contributed by atoms with Crippen molar-refractivity contribution in [2.24, 2.45) is 0 Å².